The predicted molar refractivity (Wildman–Crippen MR) is 80.8 cm³/mol. The van der Waals surface area contributed by atoms with Gasteiger partial charge in [-0.15, -0.1) is 0 Å². The van der Waals surface area contributed by atoms with E-state index in [1.54, 1.807) is 18.2 Å². The molecule has 116 valence electrons. The van der Waals surface area contributed by atoms with Crippen molar-refractivity contribution < 1.29 is 19.4 Å². The summed E-state index contributed by atoms with van der Waals surface area (Å²) in [6, 6.07) is 4.29. The number of aliphatic carboxylic acids is 1. The largest absolute Gasteiger partial charge is 0.492 e. The predicted octanol–water partition coefficient (Wildman–Crippen LogP) is 2.65. The number of amides is 1. The lowest BCUT2D eigenvalue weighted by Gasteiger charge is -2.15. The molecule has 1 aromatic carbocycles. The molecular weight excluding hydrogens is 294 g/mol. The third-order valence-electron chi connectivity index (χ3n) is 2.90. The summed E-state index contributed by atoms with van der Waals surface area (Å²) >= 11 is 6.05. The topological polar surface area (TPSA) is 75.6 Å². The van der Waals surface area contributed by atoms with E-state index in [2.05, 4.69) is 5.32 Å². The van der Waals surface area contributed by atoms with E-state index in [9.17, 15) is 9.59 Å². The fourth-order valence-corrected chi connectivity index (χ4v) is 2.21. The maximum atomic E-state index is 12.0. The molecule has 1 unspecified atom stereocenters. The molecule has 0 bridgehead atoms. The lowest BCUT2D eigenvalue weighted by atomic mass is 10.1. The number of rotatable bonds is 8. The summed E-state index contributed by atoms with van der Waals surface area (Å²) in [7, 11) is 0. The van der Waals surface area contributed by atoms with E-state index in [1.807, 2.05) is 13.8 Å². The number of carbonyl (C=O) groups is 2. The molecule has 0 spiro atoms. The van der Waals surface area contributed by atoms with Crippen LogP contribution in [-0.2, 0) is 16.0 Å². The Morgan fingerprint density at radius 1 is 1.38 bits per heavy atom. The maximum absolute atomic E-state index is 12.0. The molecule has 0 aliphatic rings. The van der Waals surface area contributed by atoms with E-state index >= 15 is 0 Å². The number of carbonyl (C=O) groups excluding carboxylic acids is 1. The standard InChI is InChI=1S/C15H20ClNO4/c1-3-6-12(15(19)20)17-13(18)9-10-7-5-8-11(16)14(10)21-4-2/h5,7-8,12H,3-4,6,9H2,1-2H3,(H,17,18)(H,19,20). The lowest BCUT2D eigenvalue weighted by molar-refractivity contribution is -0.141. The van der Waals surface area contributed by atoms with Crippen molar-refractivity contribution in [2.45, 2.75) is 39.2 Å². The molecular formula is C15H20ClNO4. The van der Waals surface area contributed by atoms with Gasteiger partial charge in [-0.25, -0.2) is 4.79 Å². The number of halogens is 1. The minimum Gasteiger partial charge on any atom is -0.492 e. The van der Waals surface area contributed by atoms with E-state index in [4.69, 9.17) is 21.4 Å². The van der Waals surface area contributed by atoms with Gasteiger partial charge in [0.25, 0.3) is 0 Å². The van der Waals surface area contributed by atoms with Crippen LogP contribution in [0.2, 0.25) is 5.02 Å². The normalized spacial score (nSPS) is 11.8. The quantitative estimate of drug-likeness (QED) is 0.773. The number of para-hydroxylation sites is 1. The molecule has 0 aromatic heterocycles. The first kappa shape index (κ1) is 17.3. The van der Waals surface area contributed by atoms with E-state index in [1.165, 1.54) is 0 Å². The van der Waals surface area contributed by atoms with Crippen molar-refractivity contribution >= 4 is 23.5 Å². The van der Waals surface area contributed by atoms with Crippen molar-refractivity contribution in [2.24, 2.45) is 0 Å². The zero-order valence-corrected chi connectivity index (χ0v) is 12.9. The third-order valence-corrected chi connectivity index (χ3v) is 3.20. The molecule has 1 amide bonds. The van der Waals surface area contributed by atoms with Gasteiger partial charge in [0, 0.05) is 5.56 Å². The molecule has 1 aromatic rings. The average molecular weight is 314 g/mol. The molecule has 5 nitrogen and oxygen atoms in total. The van der Waals surface area contributed by atoms with Crippen LogP contribution in [0.5, 0.6) is 5.75 Å². The second-order valence-corrected chi connectivity index (χ2v) is 4.99. The first-order valence-electron chi connectivity index (χ1n) is 6.91. The number of nitrogens with one attached hydrogen (secondary N) is 1. The monoisotopic (exact) mass is 313 g/mol. The van der Waals surface area contributed by atoms with Crippen LogP contribution in [0, 0.1) is 0 Å². The summed E-state index contributed by atoms with van der Waals surface area (Å²) in [5, 5.41) is 12.0. The zero-order chi connectivity index (χ0) is 15.8. The molecule has 1 rings (SSSR count). The van der Waals surface area contributed by atoms with Crippen LogP contribution in [0.4, 0.5) is 0 Å². The van der Waals surface area contributed by atoms with Crippen LogP contribution < -0.4 is 10.1 Å². The molecule has 0 saturated heterocycles. The SMILES string of the molecule is CCCC(NC(=O)Cc1cccc(Cl)c1OCC)C(=O)O. The molecule has 1 atom stereocenters. The minimum atomic E-state index is -1.03. The molecule has 0 fully saturated rings. The average Bonchev–Trinajstić information content (AvgIpc) is 2.42. The summed E-state index contributed by atoms with van der Waals surface area (Å²) in [6.07, 6.45) is 1.11. The highest BCUT2D eigenvalue weighted by atomic mass is 35.5. The minimum absolute atomic E-state index is 0.0311. The highest BCUT2D eigenvalue weighted by molar-refractivity contribution is 6.32. The smallest absolute Gasteiger partial charge is 0.326 e. The second-order valence-electron chi connectivity index (χ2n) is 4.58. The number of hydrogen-bond acceptors (Lipinski definition) is 3. The molecule has 0 aliphatic heterocycles. The molecule has 21 heavy (non-hydrogen) atoms. The van der Waals surface area contributed by atoms with Gasteiger partial charge >= 0.3 is 5.97 Å². The van der Waals surface area contributed by atoms with Gasteiger partial charge in [-0.05, 0) is 19.4 Å². The van der Waals surface area contributed by atoms with Crippen LogP contribution >= 0.6 is 11.6 Å². The van der Waals surface area contributed by atoms with Gasteiger partial charge in [0.15, 0.2) is 0 Å². The third kappa shape index (κ3) is 5.27. The van der Waals surface area contributed by atoms with Crippen LogP contribution in [0.3, 0.4) is 0 Å². The first-order chi connectivity index (χ1) is 9.99. The van der Waals surface area contributed by atoms with Crippen LogP contribution in [0.25, 0.3) is 0 Å². The summed E-state index contributed by atoms with van der Waals surface area (Å²) in [5.74, 6) is -0.917. The van der Waals surface area contributed by atoms with Gasteiger partial charge in [0.2, 0.25) is 5.91 Å². The number of carboxylic acid groups (broad SMARTS) is 1. The van der Waals surface area contributed by atoms with Crippen molar-refractivity contribution in [2.75, 3.05) is 6.61 Å². The number of carboxylic acids is 1. The van der Waals surface area contributed by atoms with Crippen molar-refractivity contribution in [1.29, 1.82) is 0 Å². The Kier molecular flexibility index (Phi) is 7.02. The van der Waals surface area contributed by atoms with E-state index in [0.29, 0.717) is 35.8 Å². The summed E-state index contributed by atoms with van der Waals surface area (Å²) in [6.45, 7) is 4.13. The molecule has 0 radical (unpaired) electrons. The number of ether oxygens (including phenoxy) is 1. The Balaban J connectivity index is 2.78. The maximum Gasteiger partial charge on any atom is 0.326 e. The highest BCUT2D eigenvalue weighted by Crippen LogP contribution is 2.29. The fourth-order valence-electron chi connectivity index (χ4n) is 1.96. The van der Waals surface area contributed by atoms with E-state index < -0.39 is 12.0 Å². The molecule has 2 N–H and O–H groups in total. The molecule has 0 saturated carbocycles. The Hall–Kier alpha value is -1.75. The first-order valence-corrected chi connectivity index (χ1v) is 7.29. The Morgan fingerprint density at radius 3 is 2.67 bits per heavy atom. The van der Waals surface area contributed by atoms with Gasteiger partial charge in [0.1, 0.15) is 11.8 Å². The van der Waals surface area contributed by atoms with Crippen LogP contribution in [0.1, 0.15) is 32.3 Å². The lowest BCUT2D eigenvalue weighted by Crippen LogP contribution is -2.41. The van der Waals surface area contributed by atoms with Crippen molar-refractivity contribution in [3.8, 4) is 5.75 Å². The van der Waals surface area contributed by atoms with Crippen LogP contribution in [0.15, 0.2) is 18.2 Å². The van der Waals surface area contributed by atoms with Gasteiger partial charge in [0.05, 0.1) is 18.1 Å². The fraction of sp³-hybridized carbons (Fsp3) is 0.467. The van der Waals surface area contributed by atoms with Crippen molar-refractivity contribution in [3.05, 3.63) is 28.8 Å². The van der Waals surface area contributed by atoms with Crippen LogP contribution in [-0.4, -0.2) is 29.6 Å². The Labute approximate surface area is 129 Å². The number of hydrogen-bond donors (Lipinski definition) is 2. The summed E-state index contributed by atoms with van der Waals surface area (Å²) in [4.78, 5) is 23.0. The Bertz CT molecular complexity index is 504. The molecule has 6 heteroatoms. The number of benzene rings is 1. The van der Waals surface area contributed by atoms with Crippen molar-refractivity contribution in [1.82, 2.24) is 5.32 Å². The van der Waals surface area contributed by atoms with Gasteiger partial charge in [-0.3, -0.25) is 4.79 Å². The van der Waals surface area contributed by atoms with Crippen molar-refractivity contribution in [3.63, 3.8) is 0 Å². The van der Waals surface area contributed by atoms with Gasteiger partial charge in [-0.1, -0.05) is 37.1 Å². The molecule has 0 heterocycles. The van der Waals surface area contributed by atoms with Gasteiger partial charge < -0.3 is 15.2 Å². The summed E-state index contributed by atoms with van der Waals surface area (Å²) in [5.41, 5.74) is 0.641. The van der Waals surface area contributed by atoms with Gasteiger partial charge in [-0.2, -0.15) is 0 Å². The van der Waals surface area contributed by atoms with E-state index in [0.717, 1.165) is 0 Å². The summed E-state index contributed by atoms with van der Waals surface area (Å²) < 4.78 is 5.44. The van der Waals surface area contributed by atoms with E-state index in [-0.39, 0.29) is 12.3 Å². The molecule has 0 aliphatic carbocycles. The Morgan fingerprint density at radius 2 is 2.10 bits per heavy atom. The zero-order valence-electron chi connectivity index (χ0n) is 12.2. The highest BCUT2D eigenvalue weighted by Gasteiger charge is 2.20. The second kappa shape index (κ2) is 8.52.